The van der Waals surface area contributed by atoms with Crippen LogP contribution in [0.15, 0.2) is 60.5 Å². The molecule has 0 atom stereocenters. The van der Waals surface area contributed by atoms with Gasteiger partial charge in [0.15, 0.2) is 5.78 Å². The fourth-order valence-electron chi connectivity index (χ4n) is 7.87. The largest absolute Gasteiger partial charge is 0.512 e. The molecule has 1 N–H and O–H groups in total. The molecule has 281 valence electrons. The second-order valence-electron chi connectivity index (χ2n) is 16.8. The van der Waals surface area contributed by atoms with Gasteiger partial charge in [-0.3, -0.25) is 9.78 Å². The van der Waals surface area contributed by atoms with Gasteiger partial charge in [-0.15, -0.1) is 40.5 Å². The van der Waals surface area contributed by atoms with Crippen LogP contribution < -0.4 is 0 Å². The number of carbonyl (C=O) groups excluding carboxylic acids is 1. The van der Waals surface area contributed by atoms with Crippen molar-refractivity contribution in [2.24, 2.45) is 11.8 Å². The van der Waals surface area contributed by atoms with Crippen LogP contribution in [0.2, 0.25) is 0 Å². The summed E-state index contributed by atoms with van der Waals surface area (Å²) in [6, 6.07) is 18.2. The summed E-state index contributed by atoms with van der Waals surface area (Å²) in [5.41, 5.74) is 5.56. The standard InChI is InChI=1S/C33H33FNS.C13H24O2.Ir/c1-31(2,3)23-17-20(16-19-10-8-9-11-21(19)23)28-29-22(12-15-35-28)26-25(34)18-24-27(30(26)36-29)33(6,7)14-13-32(24,4)5;1-5-10(6-2)12(14)9-13(15)11(7-3)8-4;/h8-12,15,17-18H,13-14H2,1-7H3;9-11,14H,5-8H2,1-4H3;/q-1;;/b;12-9-;. The zero-order chi connectivity index (χ0) is 37.5. The quantitative estimate of drug-likeness (QED) is 0.0959. The molecule has 0 unspecified atom stereocenters. The van der Waals surface area contributed by atoms with E-state index in [1.807, 2.05) is 46.0 Å². The number of nitrogens with zero attached hydrogens (tertiary/aromatic N) is 1. The Hall–Kier alpha value is -2.92. The second-order valence-corrected chi connectivity index (χ2v) is 17.8. The van der Waals surface area contributed by atoms with Crippen LogP contribution in [0.4, 0.5) is 4.39 Å². The molecular formula is C46H57FIrNO2S-. The number of benzene rings is 3. The van der Waals surface area contributed by atoms with Crippen LogP contribution in [-0.4, -0.2) is 15.9 Å². The SMILES string of the molecule is CC(C)(C)c1cc(-c2nccc3c2sc2c4c(cc(F)c23)C(C)(C)CCC4(C)C)[c-]c2ccccc12.CCC(CC)C(=O)/C=C(\O)C(CC)CC.[Ir]. The number of aliphatic hydroxyl groups is 1. The third kappa shape index (κ3) is 8.10. The molecule has 0 aliphatic heterocycles. The normalized spacial score (nSPS) is 15.5. The third-order valence-corrected chi connectivity index (χ3v) is 12.5. The first-order valence-electron chi connectivity index (χ1n) is 18.9. The summed E-state index contributed by atoms with van der Waals surface area (Å²) < 4.78 is 18.0. The molecule has 0 saturated heterocycles. The molecular weight excluding hydrogens is 842 g/mol. The number of hydrogen-bond donors (Lipinski definition) is 1. The van der Waals surface area contributed by atoms with E-state index < -0.39 is 0 Å². The predicted octanol–water partition coefficient (Wildman–Crippen LogP) is 13.7. The molecule has 52 heavy (non-hydrogen) atoms. The topological polar surface area (TPSA) is 50.2 Å². The molecule has 6 rings (SSSR count). The summed E-state index contributed by atoms with van der Waals surface area (Å²) in [6.45, 7) is 24.0. The Morgan fingerprint density at radius 1 is 0.923 bits per heavy atom. The number of thiophene rings is 1. The number of allylic oxidation sites excluding steroid dienone is 2. The van der Waals surface area contributed by atoms with E-state index in [1.165, 1.54) is 22.6 Å². The van der Waals surface area contributed by atoms with Gasteiger partial charge in [0.25, 0.3) is 0 Å². The Labute approximate surface area is 328 Å². The first kappa shape index (κ1) is 41.8. The van der Waals surface area contributed by atoms with E-state index in [0.717, 1.165) is 80.9 Å². The molecule has 3 aromatic carbocycles. The summed E-state index contributed by atoms with van der Waals surface area (Å²) >= 11 is 1.71. The van der Waals surface area contributed by atoms with Gasteiger partial charge in [-0.25, -0.2) is 4.39 Å². The summed E-state index contributed by atoms with van der Waals surface area (Å²) in [5, 5.41) is 13.8. The number of fused-ring (bicyclic) bond motifs is 6. The van der Waals surface area contributed by atoms with Gasteiger partial charge in [0.2, 0.25) is 0 Å². The maximum atomic E-state index is 15.9. The minimum absolute atomic E-state index is 0. The number of aromatic nitrogens is 1. The van der Waals surface area contributed by atoms with Crippen LogP contribution in [0.5, 0.6) is 0 Å². The van der Waals surface area contributed by atoms with Crippen LogP contribution in [0, 0.1) is 23.7 Å². The van der Waals surface area contributed by atoms with E-state index in [2.05, 4.69) is 84.9 Å². The molecule has 0 saturated carbocycles. The number of aliphatic hydroxyl groups excluding tert-OH is 1. The van der Waals surface area contributed by atoms with E-state index in [4.69, 9.17) is 4.98 Å². The molecule has 5 aromatic rings. The first-order valence-corrected chi connectivity index (χ1v) is 19.8. The first-order chi connectivity index (χ1) is 24.0. The molecule has 0 spiro atoms. The summed E-state index contributed by atoms with van der Waals surface area (Å²) in [5.74, 6) is 0.432. The molecule has 0 bridgehead atoms. The van der Waals surface area contributed by atoms with Gasteiger partial charge in [-0.2, -0.15) is 0 Å². The molecule has 6 heteroatoms. The van der Waals surface area contributed by atoms with Gasteiger partial charge in [-0.05, 0) is 83.4 Å². The maximum Gasteiger partial charge on any atom is 0.162 e. The molecule has 1 aliphatic rings. The molecule has 2 aromatic heterocycles. The van der Waals surface area contributed by atoms with Gasteiger partial charge in [0.05, 0.1) is 5.76 Å². The second kappa shape index (κ2) is 16.2. The van der Waals surface area contributed by atoms with Crippen LogP contribution in [0.3, 0.4) is 0 Å². The van der Waals surface area contributed by atoms with Gasteiger partial charge in [0, 0.05) is 64.7 Å². The van der Waals surface area contributed by atoms with Crippen LogP contribution >= 0.6 is 11.3 Å². The van der Waals surface area contributed by atoms with Gasteiger partial charge in [0.1, 0.15) is 5.82 Å². The Kier molecular flexibility index (Phi) is 13.0. The van der Waals surface area contributed by atoms with Crippen molar-refractivity contribution in [1.82, 2.24) is 4.98 Å². The van der Waals surface area contributed by atoms with Crippen LogP contribution in [0.1, 0.15) is 131 Å². The molecule has 0 fully saturated rings. The Morgan fingerprint density at radius 3 is 2.15 bits per heavy atom. The maximum absolute atomic E-state index is 15.9. The fraction of sp³-hybridized carbons (Fsp3) is 0.478. The number of ketones is 1. The van der Waals surface area contributed by atoms with E-state index in [1.54, 1.807) is 11.3 Å². The van der Waals surface area contributed by atoms with Crippen molar-refractivity contribution in [2.75, 3.05) is 0 Å². The van der Waals surface area contributed by atoms with Gasteiger partial charge >= 0.3 is 0 Å². The smallest absolute Gasteiger partial charge is 0.162 e. The molecule has 2 heterocycles. The number of carbonyl (C=O) groups is 1. The Balaban J connectivity index is 0.000000323. The van der Waals surface area contributed by atoms with E-state index in [0.29, 0.717) is 0 Å². The van der Waals surface area contributed by atoms with Crippen molar-refractivity contribution in [2.45, 2.75) is 131 Å². The molecule has 1 aliphatic carbocycles. The monoisotopic (exact) mass is 899 g/mol. The van der Waals surface area contributed by atoms with E-state index in [-0.39, 0.29) is 65.5 Å². The van der Waals surface area contributed by atoms with Crippen LogP contribution in [-0.2, 0) is 41.1 Å². The van der Waals surface area contributed by atoms with Crippen molar-refractivity contribution in [3.8, 4) is 11.3 Å². The van der Waals surface area contributed by atoms with Crippen molar-refractivity contribution in [1.29, 1.82) is 0 Å². The van der Waals surface area contributed by atoms with Gasteiger partial charge in [-0.1, -0.05) is 105 Å². The minimum atomic E-state index is -0.115. The third-order valence-electron chi connectivity index (χ3n) is 11.3. The Morgan fingerprint density at radius 2 is 1.54 bits per heavy atom. The van der Waals surface area contributed by atoms with Crippen molar-refractivity contribution in [3.63, 3.8) is 0 Å². The summed E-state index contributed by atoms with van der Waals surface area (Å²) in [4.78, 5) is 16.6. The molecule has 0 amide bonds. The Bertz CT molecular complexity index is 2090. The van der Waals surface area contributed by atoms with E-state index >= 15 is 4.39 Å². The fourth-order valence-corrected chi connectivity index (χ4v) is 9.41. The molecule has 1 radical (unpaired) electrons. The summed E-state index contributed by atoms with van der Waals surface area (Å²) in [6.07, 6.45) is 8.90. The number of rotatable bonds is 8. The van der Waals surface area contributed by atoms with Gasteiger partial charge < -0.3 is 5.11 Å². The number of hydrogen-bond acceptors (Lipinski definition) is 4. The van der Waals surface area contributed by atoms with Crippen molar-refractivity contribution < 1.29 is 34.4 Å². The zero-order valence-corrected chi connectivity index (χ0v) is 36.2. The molecule has 3 nitrogen and oxygen atoms in total. The number of pyridine rings is 1. The number of halogens is 1. The van der Waals surface area contributed by atoms with Crippen LogP contribution in [0.25, 0.3) is 42.2 Å². The average molecular weight is 899 g/mol. The summed E-state index contributed by atoms with van der Waals surface area (Å²) in [7, 11) is 0. The van der Waals surface area contributed by atoms with Crippen molar-refractivity contribution >= 4 is 48.1 Å². The predicted molar refractivity (Wildman–Crippen MR) is 217 cm³/mol. The zero-order valence-electron chi connectivity index (χ0n) is 33.0. The average Bonchev–Trinajstić information content (AvgIpc) is 3.47. The van der Waals surface area contributed by atoms with Crippen molar-refractivity contribution in [3.05, 3.63) is 89.1 Å². The minimum Gasteiger partial charge on any atom is -0.512 e. The van der Waals surface area contributed by atoms with E-state index in [9.17, 15) is 9.90 Å².